The van der Waals surface area contributed by atoms with E-state index in [-0.39, 0.29) is 12.5 Å². The number of aliphatic hydroxyl groups excluding tert-OH is 1. The van der Waals surface area contributed by atoms with Gasteiger partial charge in [0, 0.05) is 18.2 Å². The molecule has 2 N–H and O–H groups in total. The number of aliphatic hydroxyl groups is 1. The van der Waals surface area contributed by atoms with E-state index in [4.69, 9.17) is 21.4 Å². The van der Waals surface area contributed by atoms with E-state index in [1.165, 1.54) is 0 Å². The number of carbonyl (C=O) groups is 1. The Morgan fingerprint density at radius 1 is 1.38 bits per heavy atom. The predicted molar refractivity (Wildman–Crippen MR) is 82.5 cm³/mol. The lowest BCUT2D eigenvalue weighted by Gasteiger charge is -2.40. The molecule has 0 radical (unpaired) electrons. The third-order valence-corrected chi connectivity index (χ3v) is 4.24. The SMILES string of the molecule is O=C(NCCCOCCO)C1(c2cccc(Cl)c2)CCC1. The van der Waals surface area contributed by atoms with Crippen molar-refractivity contribution in [3.8, 4) is 0 Å². The maximum Gasteiger partial charge on any atom is 0.230 e. The minimum absolute atomic E-state index is 0.0320. The average molecular weight is 312 g/mol. The van der Waals surface area contributed by atoms with Crippen molar-refractivity contribution in [1.29, 1.82) is 0 Å². The number of hydrogen-bond donors (Lipinski definition) is 2. The monoisotopic (exact) mass is 311 g/mol. The van der Waals surface area contributed by atoms with Crippen molar-refractivity contribution in [1.82, 2.24) is 5.32 Å². The van der Waals surface area contributed by atoms with Crippen molar-refractivity contribution in [3.05, 3.63) is 34.9 Å². The Morgan fingerprint density at radius 3 is 2.81 bits per heavy atom. The highest BCUT2D eigenvalue weighted by atomic mass is 35.5. The van der Waals surface area contributed by atoms with Gasteiger partial charge in [0.15, 0.2) is 0 Å². The molecule has 1 aromatic rings. The van der Waals surface area contributed by atoms with E-state index >= 15 is 0 Å². The number of amides is 1. The third kappa shape index (κ3) is 3.96. The Balaban J connectivity index is 1.87. The summed E-state index contributed by atoms with van der Waals surface area (Å²) in [6.45, 7) is 1.52. The lowest BCUT2D eigenvalue weighted by molar-refractivity contribution is -0.130. The van der Waals surface area contributed by atoms with Crippen LogP contribution in [-0.2, 0) is 14.9 Å². The Labute approximate surface area is 130 Å². The van der Waals surface area contributed by atoms with Gasteiger partial charge < -0.3 is 15.2 Å². The van der Waals surface area contributed by atoms with Crippen LogP contribution in [0.1, 0.15) is 31.2 Å². The van der Waals surface area contributed by atoms with Gasteiger partial charge >= 0.3 is 0 Å². The summed E-state index contributed by atoms with van der Waals surface area (Å²) in [5.74, 6) is 0.0816. The number of hydrogen-bond acceptors (Lipinski definition) is 3. The fraction of sp³-hybridized carbons (Fsp3) is 0.562. The second-order valence-corrected chi connectivity index (χ2v) is 5.83. The van der Waals surface area contributed by atoms with Crippen LogP contribution in [0, 0.1) is 0 Å². The highest BCUT2D eigenvalue weighted by Gasteiger charge is 2.45. The fourth-order valence-electron chi connectivity index (χ4n) is 2.68. The molecule has 4 nitrogen and oxygen atoms in total. The molecule has 1 aliphatic rings. The van der Waals surface area contributed by atoms with Gasteiger partial charge in [0.05, 0.1) is 18.6 Å². The Kier molecular flexibility index (Phi) is 6.03. The molecular weight excluding hydrogens is 290 g/mol. The largest absolute Gasteiger partial charge is 0.394 e. The number of benzene rings is 1. The molecule has 1 fully saturated rings. The molecule has 1 amide bonds. The molecule has 0 aromatic heterocycles. The molecule has 0 heterocycles. The summed E-state index contributed by atoms with van der Waals surface area (Å²) in [6, 6.07) is 7.60. The molecule has 0 aliphatic heterocycles. The van der Waals surface area contributed by atoms with E-state index in [1.807, 2.05) is 24.3 Å². The molecular formula is C16H22ClNO3. The van der Waals surface area contributed by atoms with Crippen LogP contribution in [0.15, 0.2) is 24.3 Å². The minimum atomic E-state index is -0.406. The van der Waals surface area contributed by atoms with Crippen LogP contribution in [0.4, 0.5) is 0 Å². The van der Waals surface area contributed by atoms with E-state index in [1.54, 1.807) is 0 Å². The topological polar surface area (TPSA) is 58.6 Å². The van der Waals surface area contributed by atoms with Crippen molar-refractivity contribution in [3.63, 3.8) is 0 Å². The van der Waals surface area contributed by atoms with Gasteiger partial charge in [0.25, 0.3) is 0 Å². The zero-order valence-corrected chi connectivity index (χ0v) is 12.9. The Hall–Kier alpha value is -1.10. The van der Waals surface area contributed by atoms with Gasteiger partial charge in [0.1, 0.15) is 0 Å². The van der Waals surface area contributed by atoms with Crippen molar-refractivity contribution in [2.75, 3.05) is 26.4 Å². The summed E-state index contributed by atoms with van der Waals surface area (Å²) in [5, 5.41) is 12.3. The quantitative estimate of drug-likeness (QED) is 0.724. The van der Waals surface area contributed by atoms with Crippen LogP contribution in [-0.4, -0.2) is 37.4 Å². The van der Waals surface area contributed by atoms with Crippen molar-refractivity contribution >= 4 is 17.5 Å². The molecule has 1 saturated carbocycles. The molecule has 21 heavy (non-hydrogen) atoms. The van der Waals surface area contributed by atoms with Crippen molar-refractivity contribution in [2.24, 2.45) is 0 Å². The van der Waals surface area contributed by atoms with Crippen LogP contribution in [0.2, 0.25) is 5.02 Å². The molecule has 1 aliphatic carbocycles. The van der Waals surface area contributed by atoms with Crippen molar-refractivity contribution < 1.29 is 14.6 Å². The molecule has 116 valence electrons. The van der Waals surface area contributed by atoms with Gasteiger partial charge in [0.2, 0.25) is 5.91 Å². The normalized spacial score (nSPS) is 16.3. The molecule has 1 aromatic carbocycles. The molecule has 0 saturated heterocycles. The first-order chi connectivity index (χ1) is 10.2. The summed E-state index contributed by atoms with van der Waals surface area (Å²) in [5.41, 5.74) is 0.604. The van der Waals surface area contributed by atoms with Gasteiger partial charge in [-0.05, 0) is 37.0 Å². The first kappa shape index (κ1) is 16.3. The summed E-state index contributed by atoms with van der Waals surface area (Å²) >= 11 is 6.04. The first-order valence-corrected chi connectivity index (χ1v) is 7.80. The molecule has 2 rings (SSSR count). The maximum atomic E-state index is 12.5. The second-order valence-electron chi connectivity index (χ2n) is 5.39. The smallest absolute Gasteiger partial charge is 0.230 e. The van der Waals surface area contributed by atoms with Crippen LogP contribution >= 0.6 is 11.6 Å². The van der Waals surface area contributed by atoms with Crippen molar-refractivity contribution in [2.45, 2.75) is 31.1 Å². The number of nitrogens with one attached hydrogen (secondary N) is 1. The Morgan fingerprint density at radius 2 is 2.19 bits per heavy atom. The molecule has 0 atom stereocenters. The molecule has 0 bridgehead atoms. The lowest BCUT2D eigenvalue weighted by Crippen LogP contribution is -2.49. The second kappa shape index (κ2) is 7.78. The van der Waals surface area contributed by atoms with E-state index in [0.29, 0.717) is 24.8 Å². The number of ether oxygens (including phenoxy) is 1. The summed E-state index contributed by atoms with van der Waals surface area (Å²) < 4.78 is 5.17. The number of carbonyl (C=O) groups excluding carboxylic acids is 1. The average Bonchev–Trinajstić information content (AvgIpc) is 2.41. The summed E-state index contributed by atoms with van der Waals surface area (Å²) in [6.07, 6.45) is 3.57. The maximum absolute atomic E-state index is 12.5. The predicted octanol–water partition coefficient (Wildman–Crippen LogP) is 2.28. The van der Waals surface area contributed by atoms with E-state index in [2.05, 4.69) is 5.32 Å². The van der Waals surface area contributed by atoms with Gasteiger partial charge in [-0.15, -0.1) is 0 Å². The lowest BCUT2D eigenvalue weighted by atomic mass is 9.64. The van der Waals surface area contributed by atoms with E-state index in [9.17, 15) is 4.79 Å². The van der Waals surface area contributed by atoms with Crippen LogP contribution in [0.5, 0.6) is 0 Å². The minimum Gasteiger partial charge on any atom is -0.394 e. The van der Waals surface area contributed by atoms with Gasteiger partial charge in [-0.3, -0.25) is 4.79 Å². The summed E-state index contributed by atoms with van der Waals surface area (Å²) in [4.78, 5) is 12.5. The summed E-state index contributed by atoms with van der Waals surface area (Å²) in [7, 11) is 0. The van der Waals surface area contributed by atoms with Gasteiger partial charge in [-0.1, -0.05) is 30.2 Å². The zero-order chi connectivity index (χ0) is 15.1. The standard InChI is InChI=1S/C16H22ClNO3/c17-14-5-1-4-13(12-14)16(6-2-7-16)15(20)18-8-3-10-21-11-9-19/h1,4-5,12,19H,2-3,6-11H2,(H,18,20). The van der Waals surface area contributed by atoms with Crippen LogP contribution in [0.3, 0.4) is 0 Å². The van der Waals surface area contributed by atoms with Gasteiger partial charge in [-0.25, -0.2) is 0 Å². The van der Waals surface area contributed by atoms with E-state index < -0.39 is 5.41 Å². The molecule has 0 unspecified atom stereocenters. The first-order valence-electron chi connectivity index (χ1n) is 7.42. The number of rotatable bonds is 8. The molecule has 0 spiro atoms. The zero-order valence-electron chi connectivity index (χ0n) is 12.1. The van der Waals surface area contributed by atoms with E-state index in [0.717, 1.165) is 31.2 Å². The van der Waals surface area contributed by atoms with Crippen LogP contribution < -0.4 is 5.32 Å². The fourth-order valence-corrected chi connectivity index (χ4v) is 2.87. The number of halogens is 1. The Bertz CT molecular complexity index is 474. The van der Waals surface area contributed by atoms with Crippen LogP contribution in [0.25, 0.3) is 0 Å². The highest BCUT2D eigenvalue weighted by molar-refractivity contribution is 6.30. The van der Waals surface area contributed by atoms with Gasteiger partial charge in [-0.2, -0.15) is 0 Å². The molecule has 5 heteroatoms. The third-order valence-electron chi connectivity index (χ3n) is 4.01. The highest BCUT2D eigenvalue weighted by Crippen LogP contribution is 2.44.